The summed E-state index contributed by atoms with van der Waals surface area (Å²) in [4.78, 5) is 0. The molecular weight excluding hydrogens is 148 g/mol. The van der Waals surface area contributed by atoms with Crippen molar-refractivity contribution in [3.8, 4) is 0 Å². The summed E-state index contributed by atoms with van der Waals surface area (Å²) >= 11 is 0. The van der Waals surface area contributed by atoms with Crippen LogP contribution in [0.4, 0.5) is 0 Å². The standard InChI is InChI=1S/C7H10N2.ClH/c1-6-2-4-7(9-8)5-3-6;/h2-6H,8H2,1H3;1H. The van der Waals surface area contributed by atoms with Gasteiger partial charge in [0, 0.05) is 0 Å². The molecule has 0 heterocycles. The third-order valence-electron chi connectivity index (χ3n) is 1.29. The minimum Gasteiger partial charge on any atom is -0.323 e. The molecule has 1 aliphatic rings. The predicted octanol–water partition coefficient (Wildman–Crippen LogP) is 1.48. The Morgan fingerprint density at radius 3 is 2.30 bits per heavy atom. The molecule has 0 aromatic heterocycles. The molecule has 0 unspecified atom stereocenters. The van der Waals surface area contributed by atoms with Crippen molar-refractivity contribution < 1.29 is 0 Å². The van der Waals surface area contributed by atoms with E-state index in [1.807, 2.05) is 12.2 Å². The lowest BCUT2D eigenvalue weighted by Crippen LogP contribution is -1.99. The molecule has 2 N–H and O–H groups in total. The largest absolute Gasteiger partial charge is 0.323 e. The molecule has 0 atom stereocenters. The van der Waals surface area contributed by atoms with Gasteiger partial charge < -0.3 is 5.84 Å². The minimum absolute atomic E-state index is 0. The highest BCUT2D eigenvalue weighted by Gasteiger charge is 1.97. The van der Waals surface area contributed by atoms with Crippen LogP contribution in [0.5, 0.6) is 0 Å². The van der Waals surface area contributed by atoms with Gasteiger partial charge in [-0.1, -0.05) is 19.1 Å². The molecule has 0 saturated heterocycles. The summed E-state index contributed by atoms with van der Waals surface area (Å²) in [6.07, 6.45) is 7.96. The Kier molecular flexibility index (Phi) is 3.81. The van der Waals surface area contributed by atoms with E-state index in [2.05, 4.69) is 24.2 Å². The number of halogens is 1. The first kappa shape index (κ1) is 9.24. The van der Waals surface area contributed by atoms with E-state index in [-0.39, 0.29) is 12.4 Å². The number of hydrazone groups is 1. The summed E-state index contributed by atoms with van der Waals surface area (Å²) in [5.74, 6) is 5.56. The van der Waals surface area contributed by atoms with E-state index in [0.717, 1.165) is 5.71 Å². The third-order valence-corrected chi connectivity index (χ3v) is 1.29. The van der Waals surface area contributed by atoms with Crippen molar-refractivity contribution in [2.24, 2.45) is 16.9 Å². The Balaban J connectivity index is 0.000000810. The molecule has 2 nitrogen and oxygen atoms in total. The Bertz CT molecular complexity index is 166. The van der Waals surface area contributed by atoms with Crippen LogP contribution in [-0.4, -0.2) is 5.71 Å². The molecule has 0 amide bonds. The average molecular weight is 159 g/mol. The summed E-state index contributed by atoms with van der Waals surface area (Å²) in [5.41, 5.74) is 0.841. The third kappa shape index (κ3) is 2.23. The molecule has 1 rings (SSSR count). The van der Waals surface area contributed by atoms with Crippen molar-refractivity contribution >= 4 is 18.1 Å². The van der Waals surface area contributed by atoms with Gasteiger partial charge in [0.2, 0.25) is 0 Å². The highest BCUT2D eigenvalue weighted by Crippen LogP contribution is 2.05. The molecule has 1 aliphatic carbocycles. The molecule has 0 bridgehead atoms. The van der Waals surface area contributed by atoms with E-state index in [1.54, 1.807) is 0 Å². The van der Waals surface area contributed by atoms with Crippen LogP contribution in [0, 0.1) is 5.92 Å². The van der Waals surface area contributed by atoms with Gasteiger partial charge in [0.1, 0.15) is 0 Å². The number of rotatable bonds is 0. The summed E-state index contributed by atoms with van der Waals surface area (Å²) in [6, 6.07) is 0. The van der Waals surface area contributed by atoms with Gasteiger partial charge in [-0.3, -0.25) is 0 Å². The van der Waals surface area contributed by atoms with Gasteiger partial charge in [0.25, 0.3) is 0 Å². The molecular formula is C7H11ClN2. The molecule has 0 spiro atoms. The van der Waals surface area contributed by atoms with Gasteiger partial charge in [-0.25, -0.2) is 0 Å². The van der Waals surface area contributed by atoms with Crippen LogP contribution < -0.4 is 5.84 Å². The smallest absolute Gasteiger partial charge is 0.0820 e. The SMILES string of the molecule is CC1C=CC(=NN)C=C1.Cl. The maximum absolute atomic E-state index is 5.03. The fourth-order valence-corrected chi connectivity index (χ4v) is 0.707. The van der Waals surface area contributed by atoms with E-state index in [0.29, 0.717) is 5.92 Å². The highest BCUT2D eigenvalue weighted by molar-refractivity contribution is 6.04. The van der Waals surface area contributed by atoms with Gasteiger partial charge in [-0.15, -0.1) is 12.4 Å². The van der Waals surface area contributed by atoms with Crippen molar-refractivity contribution in [2.75, 3.05) is 0 Å². The topological polar surface area (TPSA) is 38.4 Å². The quantitative estimate of drug-likeness (QED) is 0.421. The monoisotopic (exact) mass is 158 g/mol. The van der Waals surface area contributed by atoms with Crippen molar-refractivity contribution in [1.82, 2.24) is 0 Å². The molecule has 56 valence electrons. The van der Waals surface area contributed by atoms with Gasteiger partial charge in [-0.2, -0.15) is 5.10 Å². The van der Waals surface area contributed by atoms with E-state index in [4.69, 9.17) is 5.84 Å². The Labute approximate surface area is 66.9 Å². The highest BCUT2D eigenvalue weighted by atomic mass is 35.5. The maximum Gasteiger partial charge on any atom is 0.0820 e. The molecule has 0 saturated carbocycles. The molecule has 0 fully saturated rings. The number of nitrogens with two attached hydrogens (primary N) is 1. The predicted molar refractivity (Wildman–Crippen MR) is 46.3 cm³/mol. The molecule has 0 aromatic carbocycles. The van der Waals surface area contributed by atoms with Crippen LogP contribution in [0.2, 0.25) is 0 Å². The lowest BCUT2D eigenvalue weighted by atomic mass is 10.1. The van der Waals surface area contributed by atoms with E-state index in [9.17, 15) is 0 Å². The molecule has 3 heteroatoms. The molecule has 10 heavy (non-hydrogen) atoms. The second-order valence-corrected chi connectivity index (χ2v) is 2.13. The van der Waals surface area contributed by atoms with Crippen LogP contribution in [0.1, 0.15) is 6.92 Å². The fraction of sp³-hybridized carbons (Fsp3) is 0.286. The zero-order valence-corrected chi connectivity index (χ0v) is 6.64. The molecule has 0 radical (unpaired) electrons. The van der Waals surface area contributed by atoms with Crippen LogP contribution in [0.25, 0.3) is 0 Å². The summed E-state index contributed by atoms with van der Waals surface area (Å²) < 4.78 is 0. The number of allylic oxidation sites excluding steroid dienone is 4. The zero-order chi connectivity index (χ0) is 6.69. The van der Waals surface area contributed by atoms with Gasteiger partial charge >= 0.3 is 0 Å². The van der Waals surface area contributed by atoms with Crippen molar-refractivity contribution in [3.63, 3.8) is 0 Å². The first-order valence-corrected chi connectivity index (χ1v) is 2.97. The molecule has 0 aromatic rings. The van der Waals surface area contributed by atoms with Crippen molar-refractivity contribution in [3.05, 3.63) is 24.3 Å². The van der Waals surface area contributed by atoms with Gasteiger partial charge in [-0.05, 0) is 18.1 Å². The lowest BCUT2D eigenvalue weighted by molar-refractivity contribution is 0.936. The molecule has 0 aliphatic heterocycles. The Hall–Kier alpha value is -0.760. The average Bonchev–Trinajstić information content (AvgIpc) is 1.90. The van der Waals surface area contributed by atoms with E-state index in [1.165, 1.54) is 0 Å². The van der Waals surface area contributed by atoms with Crippen molar-refractivity contribution in [1.29, 1.82) is 0 Å². The van der Waals surface area contributed by atoms with Gasteiger partial charge in [0.05, 0.1) is 5.71 Å². The number of hydrogen-bond donors (Lipinski definition) is 1. The Morgan fingerprint density at radius 1 is 1.40 bits per heavy atom. The van der Waals surface area contributed by atoms with Crippen LogP contribution in [0.3, 0.4) is 0 Å². The summed E-state index contributed by atoms with van der Waals surface area (Å²) in [5, 5.41) is 3.52. The second kappa shape index (κ2) is 4.12. The zero-order valence-electron chi connectivity index (χ0n) is 5.82. The van der Waals surface area contributed by atoms with Crippen LogP contribution in [0.15, 0.2) is 29.4 Å². The van der Waals surface area contributed by atoms with E-state index < -0.39 is 0 Å². The normalized spacial score (nSPS) is 22.1. The lowest BCUT2D eigenvalue weighted by Gasteiger charge is -2.02. The number of hydrogen-bond acceptors (Lipinski definition) is 2. The summed E-state index contributed by atoms with van der Waals surface area (Å²) in [7, 11) is 0. The fourth-order valence-electron chi connectivity index (χ4n) is 0.707. The Morgan fingerprint density at radius 2 is 1.90 bits per heavy atom. The first-order valence-electron chi connectivity index (χ1n) is 2.97. The van der Waals surface area contributed by atoms with Gasteiger partial charge in [0.15, 0.2) is 0 Å². The minimum atomic E-state index is 0. The van der Waals surface area contributed by atoms with E-state index >= 15 is 0 Å². The number of nitrogens with zero attached hydrogens (tertiary/aromatic N) is 1. The first-order chi connectivity index (χ1) is 4.33. The van der Waals surface area contributed by atoms with Crippen molar-refractivity contribution in [2.45, 2.75) is 6.92 Å². The van der Waals surface area contributed by atoms with Crippen LogP contribution in [-0.2, 0) is 0 Å². The second-order valence-electron chi connectivity index (χ2n) is 2.13. The maximum atomic E-state index is 5.03. The summed E-state index contributed by atoms with van der Waals surface area (Å²) in [6.45, 7) is 2.11. The van der Waals surface area contributed by atoms with Crippen LogP contribution >= 0.6 is 12.4 Å².